The molecule has 0 spiro atoms. The molecular formula is C20H40ClNO2. The maximum atomic E-state index is 12.0. The van der Waals surface area contributed by atoms with Gasteiger partial charge in [-0.3, -0.25) is 4.79 Å². The fourth-order valence-electron chi connectivity index (χ4n) is 1.47. The van der Waals surface area contributed by atoms with Gasteiger partial charge < -0.3 is 9.64 Å². The topological polar surface area (TPSA) is 29.5 Å². The van der Waals surface area contributed by atoms with Crippen LogP contribution in [0, 0.1) is 6.92 Å². The Kier molecular flexibility index (Phi) is 31.0. The van der Waals surface area contributed by atoms with Gasteiger partial charge >= 0.3 is 0 Å². The van der Waals surface area contributed by atoms with Gasteiger partial charge in [-0.2, -0.15) is 0 Å². The van der Waals surface area contributed by atoms with Crippen molar-refractivity contribution in [3.8, 4) is 0 Å². The third-order valence-electron chi connectivity index (χ3n) is 2.46. The van der Waals surface area contributed by atoms with Gasteiger partial charge in [-0.1, -0.05) is 53.1 Å². The molecule has 0 N–H and O–H groups in total. The summed E-state index contributed by atoms with van der Waals surface area (Å²) in [6.45, 7) is 19.3. The second-order valence-corrected chi connectivity index (χ2v) is 4.26. The molecule has 1 aromatic carbocycles. The minimum Gasteiger partial charge on any atom is -0.388 e. The van der Waals surface area contributed by atoms with Gasteiger partial charge in [0.25, 0.3) is 5.91 Å². The van der Waals surface area contributed by atoms with E-state index in [2.05, 4.69) is 4.74 Å². The van der Waals surface area contributed by atoms with Crippen LogP contribution in [0.15, 0.2) is 18.2 Å². The summed E-state index contributed by atoms with van der Waals surface area (Å²) in [4.78, 5) is 13.7. The standard InChI is InChI=1S/C12H16ClNO.C2H6O.3C2H6/c1-4-14(5-2)12(15)10-6-7-11(13)9(3)8-10;1-3-2;3*1-2/h6-8H,4-5H2,1-3H3;1-2H3;3*1-2H3. The van der Waals surface area contributed by atoms with Crippen molar-refractivity contribution in [2.45, 2.75) is 62.3 Å². The average Bonchev–Trinajstić information content (AvgIpc) is 2.64. The summed E-state index contributed by atoms with van der Waals surface area (Å²) in [5.74, 6) is 0.0692. The summed E-state index contributed by atoms with van der Waals surface area (Å²) in [5, 5.41) is 0.700. The molecule has 0 unspecified atom stereocenters. The number of carbonyl (C=O) groups excluding carboxylic acids is 1. The number of nitrogens with zero attached hydrogens (tertiary/aromatic N) is 1. The number of halogens is 1. The molecule has 1 amide bonds. The average molecular weight is 362 g/mol. The Balaban J connectivity index is -0.000000190. The first-order chi connectivity index (χ1) is 11.5. The van der Waals surface area contributed by atoms with Crippen LogP contribution in [0.25, 0.3) is 0 Å². The summed E-state index contributed by atoms with van der Waals surface area (Å²) >= 11 is 5.91. The van der Waals surface area contributed by atoms with Gasteiger partial charge in [-0.15, -0.1) is 0 Å². The third kappa shape index (κ3) is 14.5. The van der Waals surface area contributed by atoms with Crippen molar-refractivity contribution in [3.05, 3.63) is 34.3 Å². The highest BCUT2D eigenvalue weighted by molar-refractivity contribution is 6.31. The smallest absolute Gasteiger partial charge is 0.253 e. The van der Waals surface area contributed by atoms with Crippen molar-refractivity contribution in [2.24, 2.45) is 0 Å². The lowest BCUT2D eigenvalue weighted by Crippen LogP contribution is -2.30. The van der Waals surface area contributed by atoms with Crippen LogP contribution in [0.2, 0.25) is 5.02 Å². The number of methoxy groups -OCH3 is 1. The summed E-state index contributed by atoms with van der Waals surface area (Å²) in [6.07, 6.45) is 0. The van der Waals surface area contributed by atoms with Crippen molar-refractivity contribution in [1.82, 2.24) is 4.90 Å². The predicted octanol–water partition coefficient (Wildman–Crippen LogP) is 6.47. The van der Waals surface area contributed by atoms with Crippen molar-refractivity contribution in [3.63, 3.8) is 0 Å². The van der Waals surface area contributed by atoms with E-state index in [0.29, 0.717) is 10.6 Å². The van der Waals surface area contributed by atoms with Crippen molar-refractivity contribution < 1.29 is 9.53 Å². The van der Waals surface area contributed by atoms with Crippen LogP contribution >= 0.6 is 11.6 Å². The highest BCUT2D eigenvalue weighted by Gasteiger charge is 2.12. The molecule has 0 saturated carbocycles. The first-order valence-corrected chi connectivity index (χ1v) is 9.35. The molecule has 0 aromatic heterocycles. The van der Waals surface area contributed by atoms with E-state index in [1.165, 1.54) is 0 Å². The Bertz CT molecular complexity index is 378. The quantitative estimate of drug-likeness (QED) is 0.617. The summed E-state index contributed by atoms with van der Waals surface area (Å²) < 4.78 is 4.25. The fourth-order valence-corrected chi connectivity index (χ4v) is 1.59. The van der Waals surface area contributed by atoms with Gasteiger partial charge in [-0.25, -0.2) is 0 Å². The lowest BCUT2D eigenvalue weighted by molar-refractivity contribution is 0.0773. The van der Waals surface area contributed by atoms with Crippen molar-refractivity contribution in [1.29, 1.82) is 0 Å². The maximum Gasteiger partial charge on any atom is 0.253 e. The molecule has 144 valence electrons. The highest BCUT2D eigenvalue weighted by Crippen LogP contribution is 2.17. The van der Waals surface area contributed by atoms with E-state index < -0.39 is 0 Å². The summed E-state index contributed by atoms with van der Waals surface area (Å²) in [5.41, 5.74) is 1.65. The lowest BCUT2D eigenvalue weighted by Gasteiger charge is -2.18. The van der Waals surface area contributed by atoms with E-state index in [9.17, 15) is 4.79 Å². The van der Waals surface area contributed by atoms with Crippen LogP contribution in [0.4, 0.5) is 0 Å². The molecule has 0 saturated heterocycles. The number of hydrogen-bond acceptors (Lipinski definition) is 2. The largest absolute Gasteiger partial charge is 0.388 e. The van der Waals surface area contributed by atoms with Crippen molar-refractivity contribution in [2.75, 3.05) is 27.3 Å². The van der Waals surface area contributed by atoms with Crippen molar-refractivity contribution >= 4 is 17.5 Å². The summed E-state index contributed by atoms with van der Waals surface area (Å²) in [6, 6.07) is 5.38. The first kappa shape index (κ1) is 30.8. The Morgan fingerprint density at radius 2 is 1.38 bits per heavy atom. The Morgan fingerprint density at radius 1 is 1.00 bits per heavy atom. The molecule has 1 aromatic rings. The monoisotopic (exact) mass is 361 g/mol. The number of rotatable bonds is 3. The molecule has 0 aliphatic carbocycles. The zero-order chi connectivity index (χ0) is 20.1. The molecule has 24 heavy (non-hydrogen) atoms. The molecule has 0 aliphatic rings. The molecule has 0 heterocycles. The van der Waals surface area contributed by atoms with Crippen LogP contribution < -0.4 is 0 Å². The highest BCUT2D eigenvalue weighted by atomic mass is 35.5. The SMILES string of the molecule is CC.CC.CC.CCN(CC)C(=O)c1ccc(Cl)c(C)c1.COC. The minimum atomic E-state index is 0.0692. The van der Waals surface area contributed by atoms with E-state index in [0.717, 1.165) is 18.7 Å². The van der Waals surface area contributed by atoms with Gasteiger partial charge in [0.15, 0.2) is 0 Å². The number of amides is 1. The van der Waals surface area contributed by atoms with Crippen LogP contribution in [0.5, 0.6) is 0 Å². The number of benzene rings is 1. The second-order valence-electron chi connectivity index (χ2n) is 3.85. The number of hydrogen-bond donors (Lipinski definition) is 0. The first-order valence-electron chi connectivity index (χ1n) is 8.97. The van der Waals surface area contributed by atoms with Crippen LogP contribution in [-0.2, 0) is 4.74 Å². The second kappa shape index (κ2) is 24.2. The zero-order valence-electron chi connectivity index (χ0n) is 17.8. The molecule has 0 bridgehead atoms. The van der Waals surface area contributed by atoms with Crippen LogP contribution in [0.1, 0.15) is 71.3 Å². The number of ether oxygens (including phenoxy) is 1. The molecule has 4 heteroatoms. The Hall–Kier alpha value is -1.06. The van der Waals surface area contributed by atoms with E-state index in [4.69, 9.17) is 11.6 Å². The number of aryl methyl sites for hydroxylation is 1. The molecular weight excluding hydrogens is 322 g/mol. The molecule has 0 aliphatic heterocycles. The predicted molar refractivity (Wildman–Crippen MR) is 110 cm³/mol. The zero-order valence-corrected chi connectivity index (χ0v) is 18.5. The summed E-state index contributed by atoms with van der Waals surface area (Å²) in [7, 11) is 3.25. The van der Waals surface area contributed by atoms with Gasteiger partial charge in [0.1, 0.15) is 0 Å². The van der Waals surface area contributed by atoms with Gasteiger partial charge in [0.05, 0.1) is 0 Å². The maximum absolute atomic E-state index is 12.0. The normalized spacial score (nSPS) is 7.83. The molecule has 0 radical (unpaired) electrons. The van der Waals surface area contributed by atoms with Crippen LogP contribution in [-0.4, -0.2) is 38.1 Å². The van der Waals surface area contributed by atoms with Crippen LogP contribution in [0.3, 0.4) is 0 Å². The van der Waals surface area contributed by atoms with E-state index in [-0.39, 0.29) is 5.91 Å². The Morgan fingerprint density at radius 3 is 1.67 bits per heavy atom. The molecule has 0 fully saturated rings. The van der Waals surface area contributed by atoms with Gasteiger partial charge in [-0.05, 0) is 44.5 Å². The van der Waals surface area contributed by atoms with E-state index in [1.807, 2.05) is 68.4 Å². The minimum absolute atomic E-state index is 0.0692. The third-order valence-corrected chi connectivity index (χ3v) is 2.88. The number of carbonyl (C=O) groups is 1. The molecule has 0 atom stereocenters. The van der Waals surface area contributed by atoms with Gasteiger partial charge in [0.2, 0.25) is 0 Å². The molecule has 1 rings (SSSR count). The lowest BCUT2D eigenvalue weighted by atomic mass is 10.1. The molecule has 3 nitrogen and oxygen atoms in total. The Labute approximate surface area is 156 Å². The van der Waals surface area contributed by atoms with E-state index in [1.54, 1.807) is 31.3 Å². The van der Waals surface area contributed by atoms with Gasteiger partial charge in [0, 0.05) is 37.9 Å². The van der Waals surface area contributed by atoms with E-state index >= 15 is 0 Å². The fraction of sp³-hybridized carbons (Fsp3) is 0.650.